The molecule has 0 unspecified atom stereocenters. The van der Waals surface area contributed by atoms with Crippen molar-refractivity contribution in [2.45, 2.75) is 32.6 Å². The summed E-state index contributed by atoms with van der Waals surface area (Å²) in [5, 5.41) is 19.5. The number of hydrogen-bond acceptors (Lipinski definition) is 5. The molecule has 5 nitrogen and oxygen atoms in total. The molecule has 0 aromatic heterocycles. The van der Waals surface area contributed by atoms with Gasteiger partial charge in [-0.05, 0) is 19.4 Å². The van der Waals surface area contributed by atoms with Crippen LogP contribution in [0.4, 0.5) is 0 Å². The van der Waals surface area contributed by atoms with Gasteiger partial charge in [0.25, 0.3) is 0 Å². The van der Waals surface area contributed by atoms with Crippen molar-refractivity contribution in [3.63, 3.8) is 0 Å². The second kappa shape index (κ2) is 10.1. The lowest BCUT2D eigenvalue weighted by Gasteiger charge is -2.27. The summed E-state index contributed by atoms with van der Waals surface area (Å²) in [4.78, 5) is 7.15. The summed E-state index contributed by atoms with van der Waals surface area (Å²) in [6.07, 6.45) is -0.614. The van der Waals surface area contributed by atoms with E-state index >= 15 is 0 Å². The fourth-order valence-corrected chi connectivity index (χ4v) is 3.30. The molecule has 24 heavy (non-hydrogen) atoms. The Morgan fingerprint density at radius 1 is 0.750 bits per heavy atom. The predicted molar refractivity (Wildman–Crippen MR) is 98.0 cm³/mol. The van der Waals surface area contributed by atoms with E-state index in [1.54, 1.807) is 0 Å². The summed E-state index contributed by atoms with van der Waals surface area (Å²) in [6.45, 7) is 11.9. The maximum absolute atomic E-state index is 9.74. The molecule has 0 bridgehead atoms. The van der Waals surface area contributed by atoms with Gasteiger partial charge in [-0.15, -0.1) is 0 Å². The maximum Gasteiger partial charge on any atom is 0.0639 e. The molecule has 2 atom stereocenters. The first-order chi connectivity index (χ1) is 11.5. The lowest BCUT2D eigenvalue weighted by atomic mass is 10.2. The van der Waals surface area contributed by atoms with E-state index in [1.165, 1.54) is 5.56 Å². The third-order valence-electron chi connectivity index (χ3n) is 4.49. The zero-order chi connectivity index (χ0) is 17.4. The van der Waals surface area contributed by atoms with Gasteiger partial charge in [0.15, 0.2) is 0 Å². The Kier molecular flexibility index (Phi) is 8.15. The van der Waals surface area contributed by atoms with Gasteiger partial charge in [-0.3, -0.25) is 14.7 Å². The van der Waals surface area contributed by atoms with Gasteiger partial charge < -0.3 is 10.2 Å². The maximum atomic E-state index is 9.74. The summed E-state index contributed by atoms with van der Waals surface area (Å²) < 4.78 is 0. The molecular formula is C19H33N3O2. The van der Waals surface area contributed by atoms with E-state index in [0.717, 1.165) is 45.8 Å². The van der Waals surface area contributed by atoms with E-state index in [0.29, 0.717) is 13.1 Å². The van der Waals surface area contributed by atoms with Gasteiger partial charge in [0.2, 0.25) is 0 Å². The van der Waals surface area contributed by atoms with Crippen molar-refractivity contribution in [1.82, 2.24) is 14.7 Å². The van der Waals surface area contributed by atoms with Crippen LogP contribution in [0.15, 0.2) is 30.3 Å². The van der Waals surface area contributed by atoms with E-state index in [1.807, 2.05) is 13.8 Å². The number of β-amino-alcohol motifs (C(OH)–C–C–N with tert-alkyl or cyclic N) is 2. The number of aliphatic hydroxyl groups is 2. The van der Waals surface area contributed by atoms with Gasteiger partial charge in [-0.1, -0.05) is 30.3 Å². The number of aliphatic hydroxyl groups excluding tert-OH is 2. The first kappa shape index (κ1) is 19.3. The highest BCUT2D eigenvalue weighted by Crippen LogP contribution is 2.08. The summed E-state index contributed by atoms with van der Waals surface area (Å²) in [5.41, 5.74) is 1.33. The molecule has 1 aliphatic heterocycles. The smallest absolute Gasteiger partial charge is 0.0639 e. The van der Waals surface area contributed by atoms with Gasteiger partial charge in [0, 0.05) is 58.9 Å². The standard InChI is InChI=1S/C19H33N3O2/c1-17(23)14-20-8-9-21(15-18(2)24)11-13-22(12-10-20)16-19-6-4-3-5-7-19/h3-7,17-18,23-24H,8-16H2,1-2H3/t17-,18-/m0/s1. The van der Waals surface area contributed by atoms with Crippen LogP contribution in [0.1, 0.15) is 19.4 Å². The first-order valence-electron chi connectivity index (χ1n) is 9.10. The van der Waals surface area contributed by atoms with Crippen molar-refractivity contribution in [1.29, 1.82) is 0 Å². The highest BCUT2D eigenvalue weighted by atomic mass is 16.3. The average molecular weight is 335 g/mol. The minimum atomic E-state index is -0.307. The summed E-state index contributed by atoms with van der Waals surface area (Å²) >= 11 is 0. The van der Waals surface area contributed by atoms with Crippen molar-refractivity contribution in [3.05, 3.63) is 35.9 Å². The fourth-order valence-electron chi connectivity index (χ4n) is 3.30. The number of hydrogen-bond donors (Lipinski definition) is 2. The SMILES string of the molecule is C[C@H](O)CN1CCN(Cc2ccccc2)CCN(C[C@H](C)O)CC1. The largest absolute Gasteiger partial charge is 0.392 e. The first-order valence-corrected chi connectivity index (χ1v) is 9.10. The fraction of sp³-hybridized carbons (Fsp3) is 0.684. The average Bonchev–Trinajstić information content (AvgIpc) is 2.61. The summed E-state index contributed by atoms with van der Waals surface area (Å²) in [6, 6.07) is 10.6. The second-order valence-electron chi connectivity index (χ2n) is 7.06. The topological polar surface area (TPSA) is 50.2 Å². The highest BCUT2D eigenvalue weighted by Gasteiger charge is 2.18. The van der Waals surface area contributed by atoms with Crippen molar-refractivity contribution >= 4 is 0 Å². The molecule has 0 spiro atoms. The van der Waals surface area contributed by atoms with Gasteiger partial charge in [-0.2, -0.15) is 0 Å². The molecule has 1 saturated heterocycles. The quantitative estimate of drug-likeness (QED) is 0.808. The van der Waals surface area contributed by atoms with Crippen LogP contribution in [-0.2, 0) is 6.54 Å². The van der Waals surface area contributed by atoms with E-state index in [9.17, 15) is 10.2 Å². The summed E-state index contributed by atoms with van der Waals surface area (Å²) in [5.74, 6) is 0. The Bertz CT molecular complexity index is 431. The lowest BCUT2D eigenvalue weighted by molar-refractivity contribution is 0.102. The van der Waals surface area contributed by atoms with Crippen molar-refractivity contribution in [2.24, 2.45) is 0 Å². The van der Waals surface area contributed by atoms with E-state index in [4.69, 9.17) is 0 Å². The number of nitrogens with zero attached hydrogens (tertiary/aromatic N) is 3. The van der Waals surface area contributed by atoms with Crippen LogP contribution in [0.2, 0.25) is 0 Å². The molecule has 136 valence electrons. The Hall–Kier alpha value is -0.980. The van der Waals surface area contributed by atoms with Crippen LogP contribution < -0.4 is 0 Å². The van der Waals surface area contributed by atoms with Crippen LogP contribution >= 0.6 is 0 Å². The number of benzene rings is 1. The minimum Gasteiger partial charge on any atom is -0.392 e. The van der Waals surface area contributed by atoms with Crippen LogP contribution in [0, 0.1) is 0 Å². The molecular weight excluding hydrogens is 302 g/mol. The van der Waals surface area contributed by atoms with E-state index < -0.39 is 0 Å². The van der Waals surface area contributed by atoms with Gasteiger partial charge in [0.1, 0.15) is 0 Å². The summed E-state index contributed by atoms with van der Waals surface area (Å²) in [7, 11) is 0. The third kappa shape index (κ3) is 7.28. The van der Waals surface area contributed by atoms with Crippen molar-refractivity contribution in [2.75, 3.05) is 52.4 Å². The van der Waals surface area contributed by atoms with Crippen molar-refractivity contribution in [3.8, 4) is 0 Å². The molecule has 1 fully saturated rings. The zero-order valence-electron chi connectivity index (χ0n) is 15.1. The zero-order valence-corrected chi connectivity index (χ0v) is 15.1. The Morgan fingerprint density at radius 3 is 1.58 bits per heavy atom. The molecule has 1 aromatic rings. The van der Waals surface area contributed by atoms with E-state index in [-0.39, 0.29) is 12.2 Å². The second-order valence-corrected chi connectivity index (χ2v) is 7.06. The van der Waals surface area contributed by atoms with Crippen LogP contribution in [-0.4, -0.2) is 89.5 Å². The molecule has 0 aliphatic carbocycles. The molecule has 0 saturated carbocycles. The normalized spacial score (nSPS) is 21.7. The third-order valence-corrected chi connectivity index (χ3v) is 4.49. The molecule has 1 aromatic carbocycles. The predicted octanol–water partition coefficient (Wildman–Crippen LogP) is 0.868. The Labute approximate surface area is 146 Å². The molecule has 0 amide bonds. The molecule has 2 N–H and O–H groups in total. The molecule has 5 heteroatoms. The minimum absolute atomic E-state index is 0.307. The molecule has 1 heterocycles. The van der Waals surface area contributed by atoms with Crippen LogP contribution in [0.25, 0.3) is 0 Å². The highest BCUT2D eigenvalue weighted by molar-refractivity contribution is 5.14. The van der Waals surface area contributed by atoms with E-state index in [2.05, 4.69) is 45.0 Å². The molecule has 0 radical (unpaired) electrons. The Morgan fingerprint density at radius 2 is 1.17 bits per heavy atom. The van der Waals surface area contributed by atoms with Crippen molar-refractivity contribution < 1.29 is 10.2 Å². The monoisotopic (exact) mass is 335 g/mol. The van der Waals surface area contributed by atoms with Gasteiger partial charge >= 0.3 is 0 Å². The van der Waals surface area contributed by atoms with Gasteiger partial charge in [-0.25, -0.2) is 0 Å². The Balaban J connectivity index is 2.00. The van der Waals surface area contributed by atoms with Crippen LogP contribution in [0.5, 0.6) is 0 Å². The van der Waals surface area contributed by atoms with Gasteiger partial charge in [0.05, 0.1) is 12.2 Å². The molecule has 2 rings (SSSR count). The van der Waals surface area contributed by atoms with Crippen LogP contribution in [0.3, 0.4) is 0 Å². The molecule has 1 aliphatic rings. The number of rotatable bonds is 6. The lowest BCUT2D eigenvalue weighted by Crippen LogP contribution is -2.41.